The molecule has 49 heavy (non-hydrogen) atoms. The van der Waals surface area contributed by atoms with Crippen LogP contribution in [0.25, 0.3) is 11.1 Å². The Morgan fingerprint density at radius 1 is 0.898 bits per heavy atom. The maximum Gasteiger partial charge on any atom is 0.429 e. The molecule has 0 unspecified atom stereocenters. The number of piperidine rings is 1. The summed E-state index contributed by atoms with van der Waals surface area (Å²) in [6.45, 7) is 3.78. The highest BCUT2D eigenvalue weighted by Crippen LogP contribution is 2.33. The van der Waals surface area contributed by atoms with Crippen LogP contribution in [-0.4, -0.2) is 66.4 Å². The lowest BCUT2D eigenvalue weighted by Gasteiger charge is -2.37. The number of phenolic OH excluding ortho intramolecular Hbond substituents is 1. The van der Waals surface area contributed by atoms with Crippen LogP contribution in [0.3, 0.4) is 0 Å². The molecule has 0 saturated carbocycles. The Hall–Kier alpha value is -5.39. The van der Waals surface area contributed by atoms with E-state index in [4.69, 9.17) is 9.47 Å². The Morgan fingerprint density at radius 3 is 2.41 bits per heavy atom. The van der Waals surface area contributed by atoms with Crippen LogP contribution >= 0.6 is 0 Å². The summed E-state index contributed by atoms with van der Waals surface area (Å²) in [5.41, 5.74) is 7.36. The van der Waals surface area contributed by atoms with Crippen LogP contribution in [0.4, 0.5) is 16.2 Å². The highest BCUT2D eigenvalue weighted by Gasteiger charge is 2.28. The number of anilines is 2. The van der Waals surface area contributed by atoms with Gasteiger partial charge in [0.15, 0.2) is 11.5 Å². The van der Waals surface area contributed by atoms with Crippen molar-refractivity contribution in [3.8, 4) is 22.6 Å². The number of hydrogen-bond donors (Lipinski definition) is 3. The molecule has 0 aliphatic carbocycles. The number of methoxy groups -OCH3 is 1. The van der Waals surface area contributed by atoms with Gasteiger partial charge in [-0.05, 0) is 73.7 Å². The van der Waals surface area contributed by atoms with Crippen molar-refractivity contribution in [1.82, 2.24) is 15.4 Å². The van der Waals surface area contributed by atoms with Crippen LogP contribution in [0, 0.1) is 6.42 Å². The van der Waals surface area contributed by atoms with Crippen LogP contribution in [-0.2, 0) is 16.1 Å². The highest BCUT2D eigenvalue weighted by molar-refractivity contribution is 5.97. The number of hydrazine groups is 2. The summed E-state index contributed by atoms with van der Waals surface area (Å²) in [7, 11) is 1.48. The van der Waals surface area contributed by atoms with Gasteiger partial charge in [0.05, 0.1) is 19.2 Å². The van der Waals surface area contributed by atoms with E-state index in [2.05, 4.69) is 17.2 Å². The lowest BCUT2D eigenvalue weighted by atomic mass is 10.0. The molecule has 4 aromatic carbocycles. The molecule has 1 heterocycles. The molecule has 1 aliphatic rings. The largest absolute Gasteiger partial charge is 0.504 e. The standard InChI is InChI=1S/C38H42N5O6/c1-3-42(39-27-28-19-20-34(44)35(25-28)48-2)37(46)30-15-12-16-31(26-30)40-36(45)21-24-49-38(47)43(41-22-10-5-11-23-41)33-18-9-8-17-32(33)29-13-6-4-7-14-29/h4-9,12-20,25-26,39,44H,3,10-11,21-24,27H2,1-2H3,(H,40,45). The van der Waals surface area contributed by atoms with Crippen LogP contribution in [0.5, 0.6) is 11.5 Å². The number of phenols is 1. The highest BCUT2D eigenvalue weighted by atomic mass is 16.6. The van der Waals surface area contributed by atoms with Crippen molar-refractivity contribution in [2.75, 3.05) is 43.7 Å². The van der Waals surface area contributed by atoms with Crippen LogP contribution < -0.4 is 20.5 Å². The average molecular weight is 665 g/mol. The van der Waals surface area contributed by atoms with Gasteiger partial charge in [-0.2, -0.15) is 0 Å². The van der Waals surface area contributed by atoms with E-state index < -0.39 is 6.09 Å². The third kappa shape index (κ3) is 9.16. The number of carbonyl (C=O) groups excluding carboxylic acids is 3. The van der Waals surface area contributed by atoms with Crippen molar-refractivity contribution >= 4 is 29.3 Å². The van der Waals surface area contributed by atoms with Gasteiger partial charge in [-0.3, -0.25) is 14.6 Å². The minimum absolute atomic E-state index is 0.0367. The normalized spacial score (nSPS) is 12.9. The summed E-state index contributed by atoms with van der Waals surface area (Å²) in [5, 5.41) is 17.7. The number of para-hydroxylation sites is 1. The molecule has 255 valence electrons. The van der Waals surface area contributed by atoms with Crippen molar-refractivity contribution < 1.29 is 29.0 Å². The van der Waals surface area contributed by atoms with Gasteiger partial charge in [0.2, 0.25) is 5.91 Å². The van der Waals surface area contributed by atoms with E-state index in [1.54, 1.807) is 41.4 Å². The van der Waals surface area contributed by atoms with Gasteiger partial charge in [-0.25, -0.2) is 20.2 Å². The minimum Gasteiger partial charge on any atom is -0.504 e. The number of aromatic hydroxyl groups is 1. The number of carbonyl (C=O) groups is 3. The molecule has 0 spiro atoms. The fourth-order valence-corrected chi connectivity index (χ4v) is 5.57. The Labute approximate surface area is 287 Å². The molecule has 1 aliphatic heterocycles. The first-order chi connectivity index (χ1) is 23.9. The zero-order valence-electron chi connectivity index (χ0n) is 27.8. The average Bonchev–Trinajstić information content (AvgIpc) is 3.13. The molecular formula is C38H42N5O6. The van der Waals surface area contributed by atoms with Crippen molar-refractivity contribution in [1.29, 1.82) is 0 Å². The SMILES string of the molecule is CCN(NCc1ccc(O)c(OC)c1)C(=O)c1cccc(NC(=O)CCOC(=O)N(c2ccccc2-c2ccccc2)N2CC[CH]CC2)c1. The first-order valence-corrected chi connectivity index (χ1v) is 16.4. The Bertz CT molecular complexity index is 1730. The molecule has 3 amide bonds. The molecule has 0 bridgehead atoms. The lowest BCUT2D eigenvalue weighted by Crippen LogP contribution is -2.49. The second-order valence-corrected chi connectivity index (χ2v) is 11.4. The molecule has 5 rings (SSSR count). The summed E-state index contributed by atoms with van der Waals surface area (Å²) < 4.78 is 10.9. The number of ether oxygens (including phenoxy) is 2. The predicted molar refractivity (Wildman–Crippen MR) is 189 cm³/mol. The number of rotatable bonds is 13. The summed E-state index contributed by atoms with van der Waals surface area (Å²) in [5.74, 6) is -0.245. The molecule has 4 aromatic rings. The number of amides is 3. The molecule has 11 heteroatoms. The number of benzene rings is 4. The van der Waals surface area contributed by atoms with Gasteiger partial charge >= 0.3 is 6.09 Å². The van der Waals surface area contributed by atoms with E-state index in [-0.39, 0.29) is 30.6 Å². The quantitative estimate of drug-likeness (QED) is 0.140. The predicted octanol–water partition coefficient (Wildman–Crippen LogP) is 6.42. The van der Waals surface area contributed by atoms with E-state index in [9.17, 15) is 19.5 Å². The Kier molecular flexibility index (Phi) is 12.2. The van der Waals surface area contributed by atoms with E-state index in [1.165, 1.54) is 18.2 Å². The lowest BCUT2D eigenvalue weighted by molar-refractivity contribution is -0.116. The Balaban J connectivity index is 1.19. The van der Waals surface area contributed by atoms with Crippen molar-refractivity contribution in [3.63, 3.8) is 0 Å². The zero-order chi connectivity index (χ0) is 34.6. The smallest absolute Gasteiger partial charge is 0.429 e. The molecule has 1 fully saturated rings. The van der Waals surface area contributed by atoms with Crippen molar-refractivity contribution in [3.05, 3.63) is 115 Å². The van der Waals surface area contributed by atoms with E-state index >= 15 is 0 Å². The van der Waals surface area contributed by atoms with Gasteiger partial charge in [-0.15, -0.1) is 0 Å². The Morgan fingerprint density at radius 2 is 1.65 bits per heavy atom. The molecule has 11 nitrogen and oxygen atoms in total. The third-order valence-corrected chi connectivity index (χ3v) is 8.08. The molecule has 1 radical (unpaired) electrons. The minimum atomic E-state index is -0.552. The number of nitrogens with one attached hydrogen (secondary N) is 2. The zero-order valence-corrected chi connectivity index (χ0v) is 27.8. The summed E-state index contributed by atoms with van der Waals surface area (Å²) in [6, 6.07) is 29.3. The van der Waals surface area contributed by atoms with E-state index in [1.807, 2.05) is 66.5 Å². The van der Waals surface area contributed by atoms with Crippen molar-refractivity contribution in [2.45, 2.75) is 32.7 Å². The van der Waals surface area contributed by atoms with Gasteiger partial charge in [-0.1, -0.05) is 60.7 Å². The maximum absolute atomic E-state index is 13.6. The fourth-order valence-electron chi connectivity index (χ4n) is 5.57. The molecular weight excluding hydrogens is 622 g/mol. The van der Waals surface area contributed by atoms with Crippen LogP contribution in [0.2, 0.25) is 0 Å². The molecule has 1 saturated heterocycles. The number of hydrogen-bond acceptors (Lipinski definition) is 8. The monoisotopic (exact) mass is 664 g/mol. The van der Waals surface area contributed by atoms with Gasteiger partial charge in [0.25, 0.3) is 5.91 Å². The summed E-state index contributed by atoms with van der Waals surface area (Å²) in [6.07, 6.45) is 3.29. The first kappa shape index (κ1) is 34.9. The van der Waals surface area contributed by atoms with Crippen molar-refractivity contribution in [2.24, 2.45) is 0 Å². The molecule has 0 atom stereocenters. The van der Waals surface area contributed by atoms with Gasteiger partial charge in [0.1, 0.15) is 6.61 Å². The maximum atomic E-state index is 13.6. The van der Waals surface area contributed by atoms with Crippen LogP contribution in [0.1, 0.15) is 42.1 Å². The second-order valence-electron chi connectivity index (χ2n) is 11.4. The first-order valence-electron chi connectivity index (χ1n) is 16.4. The third-order valence-electron chi connectivity index (χ3n) is 8.08. The number of nitrogens with zero attached hydrogens (tertiary/aromatic N) is 3. The fraction of sp³-hybridized carbons (Fsp3) is 0.263. The van der Waals surface area contributed by atoms with E-state index in [0.717, 1.165) is 29.5 Å². The summed E-state index contributed by atoms with van der Waals surface area (Å²) >= 11 is 0. The molecule has 3 N–H and O–H groups in total. The van der Waals surface area contributed by atoms with Gasteiger partial charge < -0.3 is 19.9 Å². The van der Waals surface area contributed by atoms with E-state index in [0.29, 0.717) is 48.9 Å². The van der Waals surface area contributed by atoms with Crippen LogP contribution in [0.15, 0.2) is 97.1 Å². The molecule has 0 aromatic heterocycles. The topological polar surface area (TPSA) is 124 Å². The second kappa shape index (κ2) is 17.1. The summed E-state index contributed by atoms with van der Waals surface area (Å²) in [4.78, 5) is 39.8. The van der Waals surface area contributed by atoms with Gasteiger partial charge in [0, 0.05) is 43.0 Å².